The molecule has 1 aromatic carbocycles. The van der Waals surface area contributed by atoms with Crippen LogP contribution in [0.4, 0.5) is 0 Å². The molecule has 2 heterocycles. The monoisotopic (exact) mass is 356 g/mol. The molecule has 0 unspecified atom stereocenters. The summed E-state index contributed by atoms with van der Waals surface area (Å²) in [5.74, 6) is -1.54. The van der Waals surface area contributed by atoms with Gasteiger partial charge in [-0.3, -0.25) is 14.7 Å². The number of thioether (sulfide) groups is 1. The van der Waals surface area contributed by atoms with Crippen LogP contribution in [0.1, 0.15) is 17.2 Å². The van der Waals surface area contributed by atoms with Crippen LogP contribution in [0.2, 0.25) is 0 Å². The molecule has 0 bridgehead atoms. The fourth-order valence-corrected chi connectivity index (χ4v) is 3.67. The molecule has 1 saturated heterocycles. The lowest BCUT2D eigenvalue weighted by Gasteiger charge is -2.23. The molecule has 0 saturated carbocycles. The molecule has 1 aromatic heterocycles. The van der Waals surface area contributed by atoms with Gasteiger partial charge in [-0.2, -0.15) is 0 Å². The summed E-state index contributed by atoms with van der Waals surface area (Å²) in [4.78, 5) is 30.0. The van der Waals surface area contributed by atoms with Crippen molar-refractivity contribution in [2.75, 3.05) is 0 Å². The van der Waals surface area contributed by atoms with Crippen LogP contribution in [0.5, 0.6) is 0 Å². The molecule has 0 radical (unpaired) electrons. The number of pyridine rings is 1. The Hall–Kier alpha value is -2.51. The van der Waals surface area contributed by atoms with Crippen molar-refractivity contribution < 1.29 is 14.7 Å². The Balaban J connectivity index is 1.96. The minimum Gasteiger partial charge on any atom is -0.479 e. The fraction of sp³-hybridized carbons (Fsp3) is 0.0588. The SMILES string of the molecule is O=C(O)[C@@H](c1ccccc1)N1C(=O)/C(=C\c2cccnc2)SC1=S. The second-order valence-corrected chi connectivity index (χ2v) is 6.67. The number of benzene rings is 1. The molecule has 0 spiro atoms. The number of nitrogens with zero attached hydrogens (tertiary/aromatic N) is 2. The van der Waals surface area contributed by atoms with Gasteiger partial charge in [0.1, 0.15) is 4.32 Å². The fourth-order valence-electron chi connectivity index (χ4n) is 2.35. The number of aliphatic carboxylic acids is 1. The molecule has 7 heteroatoms. The highest BCUT2D eigenvalue weighted by Crippen LogP contribution is 2.38. The van der Waals surface area contributed by atoms with E-state index in [-0.39, 0.29) is 4.32 Å². The molecule has 1 N–H and O–H groups in total. The van der Waals surface area contributed by atoms with Crippen LogP contribution in [-0.4, -0.2) is 31.2 Å². The van der Waals surface area contributed by atoms with Gasteiger partial charge in [0, 0.05) is 12.4 Å². The summed E-state index contributed by atoms with van der Waals surface area (Å²) in [6.07, 6.45) is 4.92. The summed E-state index contributed by atoms with van der Waals surface area (Å²) in [6.45, 7) is 0. The molecule has 1 aliphatic rings. The Bertz CT molecular complexity index is 822. The summed E-state index contributed by atoms with van der Waals surface area (Å²) >= 11 is 6.35. The van der Waals surface area contributed by atoms with Crippen molar-refractivity contribution in [3.05, 3.63) is 70.9 Å². The zero-order valence-electron chi connectivity index (χ0n) is 12.3. The van der Waals surface area contributed by atoms with Crippen molar-refractivity contribution in [3.63, 3.8) is 0 Å². The van der Waals surface area contributed by atoms with Crippen LogP contribution in [0.25, 0.3) is 6.08 Å². The average molecular weight is 356 g/mol. The molecular formula is C17H12N2O3S2. The largest absolute Gasteiger partial charge is 0.479 e. The number of hydrogen-bond donors (Lipinski definition) is 1. The van der Waals surface area contributed by atoms with E-state index in [1.54, 1.807) is 54.9 Å². The molecule has 1 aliphatic heterocycles. The van der Waals surface area contributed by atoms with Gasteiger partial charge in [0.2, 0.25) is 0 Å². The van der Waals surface area contributed by atoms with Crippen molar-refractivity contribution in [3.8, 4) is 0 Å². The van der Waals surface area contributed by atoms with Crippen LogP contribution in [0.3, 0.4) is 0 Å². The number of carboxylic acid groups (broad SMARTS) is 1. The summed E-state index contributed by atoms with van der Waals surface area (Å²) in [5.41, 5.74) is 1.26. The number of carbonyl (C=O) groups excluding carboxylic acids is 1. The standard InChI is InChI=1S/C17H12N2O3S2/c20-15-13(9-11-5-4-8-18-10-11)24-17(23)19(15)14(16(21)22)12-6-2-1-3-7-12/h1-10,14H,(H,21,22)/b13-9+/t14-/m1/s1. The smallest absolute Gasteiger partial charge is 0.331 e. The first-order valence-corrected chi connectivity index (χ1v) is 8.25. The first kappa shape index (κ1) is 16.4. The van der Waals surface area contributed by atoms with Gasteiger partial charge in [-0.15, -0.1) is 0 Å². The van der Waals surface area contributed by atoms with Gasteiger partial charge in [-0.25, -0.2) is 4.79 Å². The van der Waals surface area contributed by atoms with Crippen LogP contribution in [-0.2, 0) is 9.59 Å². The minimum absolute atomic E-state index is 0.228. The topological polar surface area (TPSA) is 70.5 Å². The molecule has 3 rings (SSSR count). The Morgan fingerprint density at radius 3 is 2.62 bits per heavy atom. The number of thiocarbonyl (C=S) groups is 1. The predicted octanol–water partition coefficient (Wildman–Crippen LogP) is 3.11. The maximum Gasteiger partial charge on any atom is 0.331 e. The number of amides is 1. The Morgan fingerprint density at radius 2 is 2.00 bits per heavy atom. The third kappa shape index (κ3) is 3.22. The third-order valence-electron chi connectivity index (χ3n) is 3.41. The highest BCUT2D eigenvalue weighted by atomic mass is 32.2. The van der Waals surface area contributed by atoms with Gasteiger partial charge < -0.3 is 5.11 Å². The van der Waals surface area contributed by atoms with Crippen LogP contribution in [0, 0.1) is 0 Å². The van der Waals surface area contributed by atoms with Gasteiger partial charge in [0.05, 0.1) is 4.91 Å². The number of aromatic nitrogens is 1. The van der Waals surface area contributed by atoms with Crippen LogP contribution < -0.4 is 0 Å². The molecule has 24 heavy (non-hydrogen) atoms. The lowest BCUT2D eigenvalue weighted by molar-refractivity contribution is -0.145. The average Bonchev–Trinajstić information content (AvgIpc) is 2.85. The minimum atomic E-state index is -1.14. The summed E-state index contributed by atoms with van der Waals surface area (Å²) < 4.78 is 0.228. The number of carboxylic acids is 1. The third-order valence-corrected chi connectivity index (χ3v) is 4.74. The maximum atomic E-state index is 12.7. The second-order valence-electron chi connectivity index (χ2n) is 4.99. The van der Waals surface area contributed by atoms with Crippen LogP contribution >= 0.6 is 24.0 Å². The van der Waals surface area contributed by atoms with E-state index in [2.05, 4.69) is 4.98 Å². The number of hydrogen-bond acceptors (Lipinski definition) is 5. The molecular weight excluding hydrogens is 344 g/mol. The van der Waals surface area contributed by atoms with E-state index in [9.17, 15) is 14.7 Å². The van der Waals surface area contributed by atoms with E-state index < -0.39 is 17.9 Å². The Labute approximate surface area is 148 Å². The van der Waals surface area contributed by atoms with E-state index in [1.807, 2.05) is 6.07 Å². The zero-order chi connectivity index (χ0) is 17.1. The first-order chi connectivity index (χ1) is 11.6. The van der Waals surface area contributed by atoms with Crippen molar-refractivity contribution in [1.82, 2.24) is 9.88 Å². The van der Waals surface area contributed by atoms with Gasteiger partial charge >= 0.3 is 5.97 Å². The molecule has 1 fully saturated rings. The quantitative estimate of drug-likeness (QED) is 0.670. The van der Waals surface area contributed by atoms with Crippen molar-refractivity contribution in [2.45, 2.75) is 6.04 Å². The molecule has 0 aliphatic carbocycles. The summed E-state index contributed by atoms with van der Waals surface area (Å²) in [6, 6.07) is 11.0. The highest BCUT2D eigenvalue weighted by molar-refractivity contribution is 8.26. The zero-order valence-corrected chi connectivity index (χ0v) is 14.0. The maximum absolute atomic E-state index is 12.7. The van der Waals surface area contributed by atoms with Crippen molar-refractivity contribution in [2.24, 2.45) is 0 Å². The lowest BCUT2D eigenvalue weighted by atomic mass is 10.1. The number of rotatable bonds is 4. The Kier molecular flexibility index (Phi) is 4.73. The van der Waals surface area contributed by atoms with Gasteiger partial charge in [-0.05, 0) is 23.3 Å². The molecule has 120 valence electrons. The summed E-state index contributed by atoms with van der Waals surface area (Å²) in [5, 5.41) is 9.61. The lowest BCUT2D eigenvalue weighted by Crippen LogP contribution is -2.37. The van der Waals surface area contributed by atoms with E-state index in [1.165, 1.54) is 0 Å². The van der Waals surface area contributed by atoms with Crippen molar-refractivity contribution in [1.29, 1.82) is 0 Å². The predicted molar refractivity (Wildman–Crippen MR) is 96.1 cm³/mol. The molecule has 5 nitrogen and oxygen atoms in total. The van der Waals surface area contributed by atoms with E-state index >= 15 is 0 Å². The molecule has 2 aromatic rings. The van der Waals surface area contributed by atoms with Crippen molar-refractivity contribution >= 4 is 46.3 Å². The van der Waals surface area contributed by atoms with E-state index in [4.69, 9.17) is 12.2 Å². The highest BCUT2D eigenvalue weighted by Gasteiger charge is 2.41. The normalized spacial score (nSPS) is 17.3. The Morgan fingerprint density at radius 1 is 1.25 bits per heavy atom. The molecule has 1 atom stereocenters. The summed E-state index contributed by atoms with van der Waals surface area (Å²) in [7, 11) is 0. The molecule has 1 amide bonds. The number of carbonyl (C=O) groups is 2. The van der Waals surface area contributed by atoms with E-state index in [0.29, 0.717) is 10.5 Å². The van der Waals surface area contributed by atoms with E-state index in [0.717, 1.165) is 22.2 Å². The second kappa shape index (κ2) is 6.94. The van der Waals surface area contributed by atoms with Gasteiger partial charge in [-0.1, -0.05) is 60.4 Å². The first-order valence-electron chi connectivity index (χ1n) is 7.03. The van der Waals surface area contributed by atoms with Crippen LogP contribution in [0.15, 0.2) is 59.8 Å². The van der Waals surface area contributed by atoms with Gasteiger partial charge in [0.25, 0.3) is 5.91 Å². The van der Waals surface area contributed by atoms with Gasteiger partial charge in [0.15, 0.2) is 6.04 Å².